The molecule has 0 aliphatic carbocycles. The zero-order valence-corrected chi connectivity index (χ0v) is 16.9. The number of carbonyl (C=O) groups is 1. The largest absolute Gasteiger partial charge is 0.497 e. The van der Waals surface area contributed by atoms with Gasteiger partial charge in [-0.2, -0.15) is 13.2 Å². The molecule has 0 aliphatic rings. The van der Waals surface area contributed by atoms with Gasteiger partial charge in [-0.15, -0.1) is 0 Å². The van der Waals surface area contributed by atoms with Crippen molar-refractivity contribution in [1.29, 1.82) is 0 Å². The number of nitrogens with one attached hydrogen (secondary N) is 3. The number of fused-ring (bicyclic) bond motifs is 1. The number of amides is 1. The second-order valence-corrected chi connectivity index (χ2v) is 7.18. The van der Waals surface area contributed by atoms with Gasteiger partial charge in [0.25, 0.3) is 11.6 Å². The van der Waals surface area contributed by atoms with Gasteiger partial charge in [-0.3, -0.25) is 14.9 Å². The number of rotatable bonds is 7. The van der Waals surface area contributed by atoms with Crippen molar-refractivity contribution in [2.45, 2.75) is 18.7 Å². The lowest BCUT2D eigenvalue weighted by Crippen LogP contribution is -2.45. The highest BCUT2D eigenvalue weighted by molar-refractivity contribution is 5.98. The first kappa shape index (κ1) is 22.9. The van der Waals surface area contributed by atoms with Crippen LogP contribution in [0.15, 0.2) is 42.6 Å². The van der Waals surface area contributed by atoms with E-state index in [-0.39, 0.29) is 12.2 Å². The van der Waals surface area contributed by atoms with Gasteiger partial charge in [-0.1, -0.05) is 0 Å². The van der Waals surface area contributed by atoms with Crippen LogP contribution < -0.4 is 15.4 Å². The average molecular weight is 452 g/mol. The fraction of sp³-hybridized carbons (Fsp3) is 0.250. The molecule has 0 bridgehead atoms. The Labute approximate surface area is 179 Å². The van der Waals surface area contributed by atoms with Gasteiger partial charge in [0.1, 0.15) is 11.3 Å². The molecule has 0 aliphatic heterocycles. The van der Waals surface area contributed by atoms with E-state index >= 15 is 0 Å². The minimum atomic E-state index is -5.00. The standard InChI is InChI=1S/C20H19F3N4O5/c1-19(29,10-25-16-9-24-15-5-4-12(32-2)8-13(15)16)18(28)26-11-3-6-17(27(30)31)14(7-11)20(21,22)23/h3-9,24-25,29H,10H2,1-2H3,(H,26,28). The summed E-state index contributed by atoms with van der Waals surface area (Å²) in [5.41, 5.74) is -3.66. The summed E-state index contributed by atoms with van der Waals surface area (Å²) in [5, 5.41) is 27.2. The zero-order chi connectivity index (χ0) is 23.7. The van der Waals surface area contributed by atoms with Crippen LogP contribution in [-0.4, -0.2) is 40.2 Å². The first-order chi connectivity index (χ1) is 14.9. The number of hydrogen-bond donors (Lipinski definition) is 4. The molecule has 1 atom stereocenters. The van der Waals surface area contributed by atoms with E-state index < -0.39 is 33.9 Å². The summed E-state index contributed by atoms with van der Waals surface area (Å²) >= 11 is 0. The van der Waals surface area contributed by atoms with Crippen molar-refractivity contribution >= 4 is 33.9 Å². The second kappa shape index (κ2) is 8.38. The number of ether oxygens (including phenoxy) is 1. The zero-order valence-electron chi connectivity index (χ0n) is 16.9. The van der Waals surface area contributed by atoms with Gasteiger partial charge in [0.05, 0.1) is 24.3 Å². The predicted octanol–water partition coefficient (Wildman–Crippen LogP) is 3.91. The van der Waals surface area contributed by atoms with E-state index in [1.807, 2.05) is 0 Å². The number of H-pyrrole nitrogens is 1. The Morgan fingerprint density at radius 3 is 2.59 bits per heavy atom. The molecule has 3 aromatic rings. The fourth-order valence-electron chi connectivity index (χ4n) is 2.99. The van der Waals surface area contributed by atoms with Gasteiger partial charge >= 0.3 is 6.18 Å². The van der Waals surface area contributed by atoms with Crippen LogP contribution in [0.2, 0.25) is 0 Å². The van der Waals surface area contributed by atoms with Crippen molar-refractivity contribution in [3.05, 3.63) is 58.3 Å². The molecule has 0 radical (unpaired) electrons. The van der Waals surface area contributed by atoms with E-state index in [1.54, 1.807) is 24.4 Å². The Morgan fingerprint density at radius 1 is 1.25 bits per heavy atom. The number of alkyl halides is 3. The molecule has 0 saturated heterocycles. The van der Waals surface area contributed by atoms with Crippen LogP contribution in [0.25, 0.3) is 10.9 Å². The lowest BCUT2D eigenvalue weighted by atomic mass is 10.1. The minimum Gasteiger partial charge on any atom is -0.497 e. The SMILES string of the molecule is COc1ccc2[nH]cc(NCC(C)(O)C(=O)Nc3ccc([N+](=O)[O-])c(C(F)(F)F)c3)c2c1. The first-order valence-electron chi connectivity index (χ1n) is 9.21. The molecule has 3 rings (SSSR count). The maximum atomic E-state index is 13.1. The first-order valence-corrected chi connectivity index (χ1v) is 9.21. The molecule has 1 heterocycles. The predicted molar refractivity (Wildman–Crippen MR) is 111 cm³/mol. The Bertz CT molecular complexity index is 1170. The molecule has 1 unspecified atom stereocenters. The van der Waals surface area contributed by atoms with E-state index in [0.29, 0.717) is 23.6 Å². The van der Waals surface area contributed by atoms with Crippen molar-refractivity contribution in [3.8, 4) is 5.75 Å². The third kappa shape index (κ3) is 4.75. The summed E-state index contributed by atoms with van der Waals surface area (Å²) in [6, 6.07) is 7.35. The summed E-state index contributed by atoms with van der Waals surface area (Å²) in [7, 11) is 1.51. The summed E-state index contributed by atoms with van der Waals surface area (Å²) < 4.78 is 44.6. The number of nitro benzene ring substituents is 1. The molecular weight excluding hydrogens is 433 g/mol. The third-order valence-corrected chi connectivity index (χ3v) is 4.76. The summed E-state index contributed by atoms with van der Waals surface area (Å²) in [6.07, 6.45) is -3.37. The van der Waals surface area contributed by atoms with Crippen LogP contribution >= 0.6 is 0 Å². The van der Waals surface area contributed by atoms with Gasteiger partial charge < -0.3 is 25.5 Å². The van der Waals surface area contributed by atoms with Crippen molar-refractivity contribution in [3.63, 3.8) is 0 Å². The number of anilines is 2. The van der Waals surface area contributed by atoms with E-state index in [0.717, 1.165) is 17.0 Å². The monoisotopic (exact) mass is 452 g/mol. The number of nitro groups is 1. The number of aromatic nitrogens is 1. The number of hydrogen-bond acceptors (Lipinski definition) is 6. The Balaban J connectivity index is 1.76. The van der Waals surface area contributed by atoms with Crippen LogP contribution in [0.5, 0.6) is 5.75 Å². The van der Waals surface area contributed by atoms with Gasteiger partial charge in [-0.25, -0.2) is 0 Å². The van der Waals surface area contributed by atoms with E-state index in [1.165, 1.54) is 14.0 Å². The van der Waals surface area contributed by atoms with Crippen LogP contribution in [0, 0.1) is 10.1 Å². The number of nitrogens with zero attached hydrogens (tertiary/aromatic N) is 1. The highest BCUT2D eigenvalue weighted by Crippen LogP contribution is 2.37. The molecule has 9 nitrogen and oxygen atoms in total. The quantitative estimate of drug-likeness (QED) is 0.318. The van der Waals surface area contributed by atoms with Crippen molar-refractivity contribution in [2.75, 3.05) is 24.3 Å². The number of halogens is 3. The topological polar surface area (TPSA) is 130 Å². The second-order valence-electron chi connectivity index (χ2n) is 7.18. The normalized spacial score (nSPS) is 13.4. The molecule has 0 spiro atoms. The molecule has 2 aromatic carbocycles. The highest BCUT2D eigenvalue weighted by Gasteiger charge is 2.39. The summed E-state index contributed by atoms with van der Waals surface area (Å²) in [5.74, 6) is -0.396. The molecule has 1 aromatic heterocycles. The van der Waals surface area contributed by atoms with Crippen LogP contribution in [0.3, 0.4) is 0 Å². The lowest BCUT2D eigenvalue weighted by Gasteiger charge is -2.23. The molecule has 1 amide bonds. The van der Waals surface area contributed by atoms with E-state index in [2.05, 4.69) is 15.6 Å². The Morgan fingerprint density at radius 2 is 1.97 bits per heavy atom. The van der Waals surface area contributed by atoms with Crippen molar-refractivity contribution in [1.82, 2.24) is 4.98 Å². The van der Waals surface area contributed by atoms with Crippen molar-refractivity contribution in [2.24, 2.45) is 0 Å². The van der Waals surface area contributed by atoms with E-state index in [4.69, 9.17) is 4.74 Å². The molecular formula is C20H19F3N4O5. The number of aliphatic hydroxyl groups is 1. The molecule has 170 valence electrons. The minimum absolute atomic E-state index is 0.276. The number of aromatic amines is 1. The Kier molecular flexibility index (Phi) is 5.99. The van der Waals surface area contributed by atoms with Crippen LogP contribution in [0.4, 0.5) is 30.2 Å². The number of carbonyl (C=O) groups excluding carboxylic acids is 1. The number of methoxy groups -OCH3 is 1. The summed E-state index contributed by atoms with van der Waals surface area (Å²) in [6.45, 7) is 0.906. The maximum Gasteiger partial charge on any atom is 0.423 e. The van der Waals surface area contributed by atoms with Gasteiger partial charge in [0.15, 0.2) is 5.60 Å². The van der Waals surface area contributed by atoms with Gasteiger partial charge in [0, 0.05) is 28.9 Å². The maximum absolute atomic E-state index is 13.1. The fourth-order valence-corrected chi connectivity index (χ4v) is 2.99. The molecule has 0 saturated carbocycles. The molecule has 32 heavy (non-hydrogen) atoms. The average Bonchev–Trinajstić information content (AvgIpc) is 3.13. The Hall–Kier alpha value is -3.80. The molecule has 12 heteroatoms. The van der Waals surface area contributed by atoms with Crippen LogP contribution in [-0.2, 0) is 11.0 Å². The van der Waals surface area contributed by atoms with Gasteiger partial charge in [0.2, 0.25) is 0 Å². The van der Waals surface area contributed by atoms with Crippen molar-refractivity contribution < 1.29 is 32.7 Å². The summed E-state index contributed by atoms with van der Waals surface area (Å²) in [4.78, 5) is 25.2. The van der Waals surface area contributed by atoms with E-state index in [9.17, 15) is 33.2 Å². The lowest BCUT2D eigenvalue weighted by molar-refractivity contribution is -0.388. The molecule has 0 fully saturated rings. The van der Waals surface area contributed by atoms with Gasteiger partial charge in [-0.05, 0) is 37.3 Å². The highest BCUT2D eigenvalue weighted by atomic mass is 19.4. The third-order valence-electron chi connectivity index (χ3n) is 4.76. The molecule has 4 N–H and O–H groups in total. The number of benzene rings is 2. The van der Waals surface area contributed by atoms with Crippen LogP contribution in [0.1, 0.15) is 12.5 Å². The smallest absolute Gasteiger partial charge is 0.423 e.